The van der Waals surface area contributed by atoms with Gasteiger partial charge in [0.1, 0.15) is 0 Å². The molecule has 1 aromatic carbocycles. The van der Waals surface area contributed by atoms with Crippen LogP contribution in [-0.2, 0) is 4.79 Å². The van der Waals surface area contributed by atoms with Crippen LogP contribution < -0.4 is 11.1 Å². The zero-order valence-electron chi connectivity index (χ0n) is 12.9. The Labute approximate surface area is 143 Å². The Hall–Kier alpha value is -0.810. The first kappa shape index (κ1) is 19.2. The number of carbonyl (C=O) groups excluding carboxylic acids is 1. The first-order chi connectivity index (χ1) is 10.0. The molecule has 6 heteroatoms. The number of likely N-dealkylation sites (tertiary alicyclic amines) is 1. The maximum Gasteiger partial charge on any atom is 0.225 e. The van der Waals surface area contributed by atoms with Crippen LogP contribution in [0.2, 0.25) is 5.02 Å². The Morgan fingerprint density at radius 1 is 1.55 bits per heavy atom. The molecule has 0 radical (unpaired) electrons. The van der Waals surface area contributed by atoms with Crippen LogP contribution in [-0.4, -0.2) is 36.5 Å². The number of amides is 1. The lowest BCUT2D eigenvalue weighted by atomic mass is 9.92. The maximum absolute atomic E-state index is 12.0. The van der Waals surface area contributed by atoms with Crippen molar-refractivity contribution in [1.29, 1.82) is 0 Å². The van der Waals surface area contributed by atoms with Crippen LogP contribution in [0.25, 0.3) is 0 Å². The van der Waals surface area contributed by atoms with E-state index in [1.54, 1.807) is 12.1 Å². The SMILES string of the molecule is CC(N)C1CCCN(CCC(=O)Nc2cccc(Cl)c2)C1.Cl. The monoisotopic (exact) mass is 345 g/mol. The zero-order chi connectivity index (χ0) is 15.2. The molecule has 1 aliphatic heterocycles. The smallest absolute Gasteiger partial charge is 0.225 e. The number of nitrogens with one attached hydrogen (secondary N) is 1. The molecule has 1 saturated heterocycles. The minimum absolute atomic E-state index is 0. The minimum Gasteiger partial charge on any atom is -0.328 e. The van der Waals surface area contributed by atoms with Crippen molar-refractivity contribution in [2.75, 3.05) is 25.0 Å². The number of nitrogens with zero attached hydrogens (tertiary/aromatic N) is 1. The van der Waals surface area contributed by atoms with E-state index in [9.17, 15) is 4.79 Å². The second kappa shape index (κ2) is 9.36. The summed E-state index contributed by atoms with van der Waals surface area (Å²) >= 11 is 5.90. The fraction of sp³-hybridized carbons (Fsp3) is 0.562. The summed E-state index contributed by atoms with van der Waals surface area (Å²) in [6.07, 6.45) is 2.86. The summed E-state index contributed by atoms with van der Waals surface area (Å²) < 4.78 is 0. The van der Waals surface area contributed by atoms with E-state index < -0.39 is 0 Å². The van der Waals surface area contributed by atoms with Crippen molar-refractivity contribution < 1.29 is 4.79 Å². The summed E-state index contributed by atoms with van der Waals surface area (Å²) in [6, 6.07) is 7.45. The zero-order valence-corrected chi connectivity index (χ0v) is 14.5. The van der Waals surface area contributed by atoms with Gasteiger partial charge in [-0.25, -0.2) is 0 Å². The van der Waals surface area contributed by atoms with Gasteiger partial charge in [0.15, 0.2) is 0 Å². The average molecular weight is 346 g/mol. The molecule has 0 bridgehead atoms. The van der Waals surface area contributed by atoms with E-state index in [0.29, 0.717) is 17.4 Å². The number of carbonyl (C=O) groups is 1. The lowest BCUT2D eigenvalue weighted by molar-refractivity contribution is -0.116. The molecule has 1 fully saturated rings. The molecule has 1 aliphatic rings. The molecule has 2 rings (SSSR count). The van der Waals surface area contributed by atoms with Crippen LogP contribution in [0.1, 0.15) is 26.2 Å². The van der Waals surface area contributed by atoms with E-state index in [-0.39, 0.29) is 24.4 Å². The van der Waals surface area contributed by atoms with E-state index >= 15 is 0 Å². The number of hydrogen-bond acceptors (Lipinski definition) is 3. The first-order valence-corrected chi connectivity index (χ1v) is 7.96. The van der Waals surface area contributed by atoms with Gasteiger partial charge >= 0.3 is 0 Å². The predicted octanol–water partition coefficient (Wildman–Crippen LogP) is 3.15. The van der Waals surface area contributed by atoms with Gasteiger partial charge in [0, 0.05) is 36.3 Å². The van der Waals surface area contributed by atoms with Gasteiger partial charge in [0.05, 0.1) is 0 Å². The highest BCUT2D eigenvalue weighted by atomic mass is 35.5. The van der Waals surface area contributed by atoms with Crippen molar-refractivity contribution in [2.24, 2.45) is 11.7 Å². The van der Waals surface area contributed by atoms with E-state index in [4.69, 9.17) is 17.3 Å². The molecule has 124 valence electrons. The molecule has 0 spiro atoms. The molecule has 2 unspecified atom stereocenters. The lowest BCUT2D eigenvalue weighted by Crippen LogP contribution is -2.43. The van der Waals surface area contributed by atoms with Crippen LogP contribution in [0.3, 0.4) is 0 Å². The molecule has 3 N–H and O–H groups in total. The molecule has 0 aromatic heterocycles. The molecule has 4 nitrogen and oxygen atoms in total. The van der Waals surface area contributed by atoms with E-state index in [0.717, 1.165) is 25.3 Å². The third-order valence-corrected chi connectivity index (χ3v) is 4.28. The van der Waals surface area contributed by atoms with Crippen LogP contribution in [0, 0.1) is 5.92 Å². The molecule has 1 amide bonds. The van der Waals surface area contributed by atoms with Crippen LogP contribution in [0.5, 0.6) is 0 Å². The van der Waals surface area contributed by atoms with Crippen molar-refractivity contribution in [3.63, 3.8) is 0 Å². The number of halogens is 2. The van der Waals surface area contributed by atoms with Crippen molar-refractivity contribution >= 4 is 35.6 Å². The summed E-state index contributed by atoms with van der Waals surface area (Å²) in [7, 11) is 0. The molecule has 2 atom stereocenters. The summed E-state index contributed by atoms with van der Waals surface area (Å²) in [4.78, 5) is 14.3. The van der Waals surface area contributed by atoms with Gasteiger partial charge in [-0.2, -0.15) is 0 Å². The van der Waals surface area contributed by atoms with Crippen LogP contribution in [0.4, 0.5) is 5.69 Å². The number of benzene rings is 1. The summed E-state index contributed by atoms with van der Waals surface area (Å²) in [5.74, 6) is 0.579. The second-order valence-electron chi connectivity index (χ2n) is 5.87. The number of anilines is 1. The summed E-state index contributed by atoms with van der Waals surface area (Å²) in [6.45, 7) is 4.92. The van der Waals surface area contributed by atoms with Gasteiger partial charge < -0.3 is 16.0 Å². The summed E-state index contributed by atoms with van der Waals surface area (Å²) in [5, 5.41) is 3.51. The molecule has 1 aromatic rings. The highest BCUT2D eigenvalue weighted by molar-refractivity contribution is 6.30. The standard InChI is InChI=1S/C16H24ClN3O.ClH/c1-12(18)13-4-3-8-20(11-13)9-7-16(21)19-15-6-2-5-14(17)10-15;/h2,5-6,10,12-13H,3-4,7-9,11,18H2,1H3,(H,19,21);1H. The molecule has 22 heavy (non-hydrogen) atoms. The quantitative estimate of drug-likeness (QED) is 0.861. The number of piperidine rings is 1. The minimum atomic E-state index is 0. The van der Waals surface area contributed by atoms with E-state index in [1.165, 1.54) is 12.8 Å². The van der Waals surface area contributed by atoms with Gasteiger partial charge in [0.2, 0.25) is 5.91 Å². The largest absolute Gasteiger partial charge is 0.328 e. The van der Waals surface area contributed by atoms with Gasteiger partial charge in [-0.3, -0.25) is 4.79 Å². The highest BCUT2D eigenvalue weighted by Crippen LogP contribution is 2.19. The topological polar surface area (TPSA) is 58.4 Å². The Bertz CT molecular complexity index is 482. The number of rotatable bonds is 5. The van der Waals surface area contributed by atoms with Gasteiger partial charge in [-0.1, -0.05) is 17.7 Å². The van der Waals surface area contributed by atoms with Crippen molar-refractivity contribution in [1.82, 2.24) is 4.90 Å². The molecular formula is C16H25Cl2N3O. The molecule has 0 saturated carbocycles. The van der Waals surface area contributed by atoms with Crippen molar-refractivity contribution in [3.05, 3.63) is 29.3 Å². The third kappa shape index (κ3) is 6.13. The Morgan fingerprint density at radius 3 is 3.00 bits per heavy atom. The van der Waals surface area contributed by atoms with Gasteiger partial charge in [-0.05, 0) is 50.4 Å². The van der Waals surface area contributed by atoms with E-state index in [1.807, 2.05) is 12.1 Å². The normalized spacial score (nSPS) is 20.0. The Kier molecular flexibility index (Phi) is 8.18. The molecule has 0 aliphatic carbocycles. The fourth-order valence-corrected chi connectivity index (χ4v) is 2.96. The van der Waals surface area contributed by atoms with Gasteiger partial charge in [0.25, 0.3) is 0 Å². The highest BCUT2D eigenvalue weighted by Gasteiger charge is 2.22. The van der Waals surface area contributed by atoms with E-state index in [2.05, 4.69) is 17.1 Å². The molecular weight excluding hydrogens is 321 g/mol. The maximum atomic E-state index is 12.0. The third-order valence-electron chi connectivity index (χ3n) is 4.05. The lowest BCUT2D eigenvalue weighted by Gasteiger charge is -2.34. The molecule has 1 heterocycles. The summed E-state index contributed by atoms with van der Waals surface area (Å²) in [5.41, 5.74) is 6.73. The number of hydrogen-bond donors (Lipinski definition) is 2. The number of nitrogens with two attached hydrogens (primary N) is 1. The van der Waals surface area contributed by atoms with Gasteiger partial charge in [-0.15, -0.1) is 12.4 Å². The average Bonchev–Trinajstić information content (AvgIpc) is 2.45. The van der Waals surface area contributed by atoms with Crippen molar-refractivity contribution in [2.45, 2.75) is 32.2 Å². The van der Waals surface area contributed by atoms with Crippen LogP contribution >= 0.6 is 24.0 Å². The van der Waals surface area contributed by atoms with Crippen LogP contribution in [0.15, 0.2) is 24.3 Å². The Morgan fingerprint density at radius 2 is 2.32 bits per heavy atom. The predicted molar refractivity (Wildman–Crippen MR) is 94.8 cm³/mol. The second-order valence-corrected chi connectivity index (χ2v) is 6.31. The van der Waals surface area contributed by atoms with Crippen molar-refractivity contribution in [3.8, 4) is 0 Å². The first-order valence-electron chi connectivity index (χ1n) is 7.58. The fourth-order valence-electron chi connectivity index (χ4n) is 2.77. The Balaban J connectivity index is 0.00000242.